The molecule has 104 valence electrons. The van der Waals surface area contributed by atoms with Gasteiger partial charge in [-0.15, -0.1) is 0 Å². The number of hydrogen-bond donors (Lipinski definition) is 0. The predicted octanol–water partition coefficient (Wildman–Crippen LogP) is 3.55. The van der Waals surface area contributed by atoms with Crippen molar-refractivity contribution in [2.24, 2.45) is 0 Å². The number of methoxy groups -OCH3 is 1. The highest BCUT2D eigenvalue weighted by Crippen LogP contribution is 2.36. The molecule has 0 saturated heterocycles. The Kier molecular flexibility index (Phi) is 3.74. The molecule has 2 aromatic rings. The van der Waals surface area contributed by atoms with E-state index in [9.17, 15) is 18.0 Å². The molecule has 0 aliphatic heterocycles. The highest BCUT2D eigenvalue weighted by molar-refractivity contribution is 5.91. The van der Waals surface area contributed by atoms with Crippen LogP contribution < -0.4 is 0 Å². The normalized spacial score (nSPS) is 11.2. The number of ether oxygens (including phenoxy) is 1. The summed E-state index contributed by atoms with van der Waals surface area (Å²) in [5.74, 6) is -0.698. The molecule has 1 aromatic carbocycles. The molecule has 6 heteroatoms. The lowest BCUT2D eigenvalue weighted by Crippen LogP contribution is -2.10. The molecule has 3 nitrogen and oxygen atoms in total. The van der Waals surface area contributed by atoms with Crippen LogP contribution in [-0.4, -0.2) is 18.1 Å². The van der Waals surface area contributed by atoms with Crippen molar-refractivity contribution in [3.8, 4) is 11.3 Å². The fraction of sp³-hybridized carbons (Fsp3) is 0.143. The van der Waals surface area contributed by atoms with E-state index in [2.05, 4.69) is 9.72 Å². The molecule has 0 unspecified atom stereocenters. The van der Waals surface area contributed by atoms with Crippen molar-refractivity contribution in [2.45, 2.75) is 6.18 Å². The van der Waals surface area contributed by atoms with Gasteiger partial charge in [-0.3, -0.25) is 4.98 Å². The Balaban J connectivity index is 2.64. The summed E-state index contributed by atoms with van der Waals surface area (Å²) in [6.07, 6.45) is -3.14. The van der Waals surface area contributed by atoms with Crippen LogP contribution in [0.3, 0.4) is 0 Å². The van der Waals surface area contributed by atoms with Gasteiger partial charge in [0, 0.05) is 11.8 Å². The molecule has 0 bridgehead atoms. The van der Waals surface area contributed by atoms with Crippen molar-refractivity contribution >= 4 is 5.97 Å². The Hall–Kier alpha value is -2.37. The smallest absolute Gasteiger partial charge is 0.417 e. The van der Waals surface area contributed by atoms with Gasteiger partial charge in [0.1, 0.15) is 0 Å². The third kappa shape index (κ3) is 2.79. The second-order valence-electron chi connectivity index (χ2n) is 3.96. The lowest BCUT2D eigenvalue weighted by Gasteiger charge is -2.13. The molecule has 0 spiro atoms. The first-order valence-electron chi connectivity index (χ1n) is 5.64. The highest BCUT2D eigenvalue weighted by atomic mass is 19.4. The number of esters is 1. The minimum absolute atomic E-state index is 0.0427. The summed E-state index contributed by atoms with van der Waals surface area (Å²) in [6, 6.07) is 7.70. The van der Waals surface area contributed by atoms with Crippen LogP contribution in [0, 0.1) is 0 Å². The molecule has 0 aliphatic carbocycles. The van der Waals surface area contributed by atoms with Crippen molar-refractivity contribution in [2.75, 3.05) is 7.11 Å². The van der Waals surface area contributed by atoms with E-state index in [4.69, 9.17) is 0 Å². The number of hydrogen-bond acceptors (Lipinski definition) is 3. The van der Waals surface area contributed by atoms with Crippen molar-refractivity contribution in [1.82, 2.24) is 4.98 Å². The molecular weight excluding hydrogens is 271 g/mol. The zero-order valence-corrected chi connectivity index (χ0v) is 10.4. The van der Waals surface area contributed by atoms with Gasteiger partial charge >= 0.3 is 12.1 Å². The standard InChI is InChI=1S/C14H10F3NO2/c1-20-13(19)9-5-6-11(14(15,16)17)10(8-9)12-4-2-3-7-18-12/h2-8H,1H3. The number of benzene rings is 1. The number of nitrogens with zero attached hydrogens (tertiary/aromatic N) is 1. The Labute approximate surface area is 113 Å². The average molecular weight is 281 g/mol. The number of halogens is 3. The third-order valence-electron chi connectivity index (χ3n) is 2.69. The van der Waals surface area contributed by atoms with E-state index < -0.39 is 17.7 Å². The summed E-state index contributed by atoms with van der Waals surface area (Å²) in [4.78, 5) is 15.3. The lowest BCUT2D eigenvalue weighted by atomic mass is 10.0. The Morgan fingerprint density at radius 1 is 1.20 bits per heavy atom. The third-order valence-corrected chi connectivity index (χ3v) is 2.69. The first-order chi connectivity index (χ1) is 9.43. The highest BCUT2D eigenvalue weighted by Gasteiger charge is 2.34. The monoisotopic (exact) mass is 281 g/mol. The minimum Gasteiger partial charge on any atom is -0.465 e. The second-order valence-corrected chi connectivity index (χ2v) is 3.96. The van der Waals surface area contributed by atoms with Crippen molar-refractivity contribution < 1.29 is 22.7 Å². The summed E-state index contributed by atoms with van der Waals surface area (Å²) in [6.45, 7) is 0. The fourth-order valence-electron chi connectivity index (χ4n) is 1.77. The van der Waals surface area contributed by atoms with E-state index in [0.29, 0.717) is 0 Å². The molecule has 0 atom stereocenters. The maximum atomic E-state index is 13.0. The molecular formula is C14H10F3NO2. The maximum absolute atomic E-state index is 13.0. The van der Waals surface area contributed by atoms with Gasteiger partial charge in [-0.2, -0.15) is 13.2 Å². The van der Waals surface area contributed by atoms with Crippen LogP contribution in [0.2, 0.25) is 0 Å². The van der Waals surface area contributed by atoms with E-state index in [-0.39, 0.29) is 16.8 Å². The summed E-state index contributed by atoms with van der Waals surface area (Å²) >= 11 is 0. The van der Waals surface area contributed by atoms with Crippen molar-refractivity contribution in [3.05, 3.63) is 53.7 Å². The van der Waals surface area contributed by atoms with E-state index in [1.807, 2.05) is 0 Å². The van der Waals surface area contributed by atoms with Gasteiger partial charge in [0.15, 0.2) is 0 Å². The summed E-state index contributed by atoms with van der Waals surface area (Å²) in [5, 5.41) is 0. The quantitative estimate of drug-likeness (QED) is 0.790. The first kappa shape index (κ1) is 14.0. The SMILES string of the molecule is COC(=O)c1ccc(C(F)(F)F)c(-c2ccccn2)c1. The van der Waals surface area contributed by atoms with Gasteiger partial charge in [-0.1, -0.05) is 6.07 Å². The van der Waals surface area contributed by atoms with Gasteiger partial charge in [0.25, 0.3) is 0 Å². The number of carbonyl (C=O) groups excluding carboxylic acids is 1. The van der Waals surface area contributed by atoms with Crippen LogP contribution in [0.4, 0.5) is 13.2 Å². The average Bonchev–Trinajstić information content (AvgIpc) is 2.45. The maximum Gasteiger partial charge on any atom is 0.417 e. The molecule has 0 amide bonds. The number of aromatic nitrogens is 1. The second kappa shape index (κ2) is 5.32. The topological polar surface area (TPSA) is 39.2 Å². The van der Waals surface area contributed by atoms with Crippen molar-refractivity contribution in [3.63, 3.8) is 0 Å². The Bertz CT molecular complexity index is 624. The van der Waals surface area contributed by atoms with Crippen LogP contribution in [0.25, 0.3) is 11.3 Å². The molecule has 0 fully saturated rings. The molecule has 0 N–H and O–H groups in total. The van der Waals surface area contributed by atoms with E-state index in [1.54, 1.807) is 12.1 Å². The Morgan fingerprint density at radius 3 is 2.50 bits per heavy atom. The minimum atomic E-state index is -4.53. The van der Waals surface area contributed by atoms with E-state index in [0.717, 1.165) is 18.2 Å². The van der Waals surface area contributed by atoms with Gasteiger partial charge in [-0.05, 0) is 30.3 Å². The van der Waals surface area contributed by atoms with Gasteiger partial charge < -0.3 is 4.74 Å². The molecule has 0 radical (unpaired) electrons. The summed E-state index contributed by atoms with van der Waals surface area (Å²) < 4.78 is 43.5. The van der Waals surface area contributed by atoms with Gasteiger partial charge in [-0.25, -0.2) is 4.79 Å². The Morgan fingerprint density at radius 2 is 1.95 bits per heavy atom. The first-order valence-corrected chi connectivity index (χ1v) is 5.64. The van der Waals surface area contributed by atoms with Crippen LogP contribution in [0.15, 0.2) is 42.6 Å². The largest absolute Gasteiger partial charge is 0.465 e. The number of pyridine rings is 1. The zero-order chi connectivity index (χ0) is 14.8. The molecule has 0 aliphatic rings. The molecule has 0 saturated carbocycles. The fourth-order valence-corrected chi connectivity index (χ4v) is 1.77. The predicted molar refractivity (Wildman–Crippen MR) is 66.0 cm³/mol. The molecule has 2 rings (SSSR count). The van der Waals surface area contributed by atoms with Gasteiger partial charge in [0.2, 0.25) is 0 Å². The zero-order valence-electron chi connectivity index (χ0n) is 10.4. The molecule has 1 aromatic heterocycles. The molecule has 1 heterocycles. The lowest BCUT2D eigenvalue weighted by molar-refractivity contribution is -0.137. The van der Waals surface area contributed by atoms with E-state index >= 15 is 0 Å². The van der Waals surface area contributed by atoms with Crippen LogP contribution in [0.5, 0.6) is 0 Å². The van der Waals surface area contributed by atoms with Crippen LogP contribution >= 0.6 is 0 Å². The van der Waals surface area contributed by atoms with Crippen LogP contribution in [-0.2, 0) is 10.9 Å². The summed E-state index contributed by atoms with van der Waals surface area (Å²) in [5.41, 5.74) is -0.809. The number of rotatable bonds is 2. The molecule has 20 heavy (non-hydrogen) atoms. The number of carbonyl (C=O) groups is 1. The number of alkyl halides is 3. The van der Waals surface area contributed by atoms with Crippen LogP contribution in [0.1, 0.15) is 15.9 Å². The van der Waals surface area contributed by atoms with Crippen molar-refractivity contribution in [1.29, 1.82) is 0 Å². The summed E-state index contributed by atoms with van der Waals surface area (Å²) in [7, 11) is 1.17. The van der Waals surface area contributed by atoms with E-state index in [1.165, 1.54) is 19.4 Å². The van der Waals surface area contributed by atoms with Gasteiger partial charge in [0.05, 0.1) is 23.9 Å².